The van der Waals surface area contributed by atoms with Gasteiger partial charge in [-0.25, -0.2) is 0 Å². The molecular formula is C15H23ClN2O. The van der Waals surface area contributed by atoms with Gasteiger partial charge in [0.2, 0.25) is 5.91 Å². The van der Waals surface area contributed by atoms with E-state index in [9.17, 15) is 4.79 Å². The van der Waals surface area contributed by atoms with Gasteiger partial charge in [0.05, 0.1) is 6.04 Å². The third-order valence-electron chi connectivity index (χ3n) is 3.32. The molecule has 106 valence electrons. The van der Waals surface area contributed by atoms with Gasteiger partial charge in [-0.05, 0) is 45.4 Å². The summed E-state index contributed by atoms with van der Waals surface area (Å²) < 4.78 is 0. The summed E-state index contributed by atoms with van der Waals surface area (Å²) in [4.78, 5) is 14.0. The second-order valence-corrected chi connectivity index (χ2v) is 5.11. The summed E-state index contributed by atoms with van der Waals surface area (Å²) in [6, 6.07) is 7.62. The molecule has 1 amide bonds. The zero-order chi connectivity index (χ0) is 14.4. The van der Waals surface area contributed by atoms with Crippen LogP contribution in [0.3, 0.4) is 0 Å². The molecule has 0 radical (unpaired) electrons. The number of halogens is 1. The third kappa shape index (κ3) is 4.51. The van der Waals surface area contributed by atoms with Gasteiger partial charge in [-0.1, -0.05) is 23.7 Å². The van der Waals surface area contributed by atoms with Crippen molar-refractivity contribution in [2.24, 2.45) is 0 Å². The van der Waals surface area contributed by atoms with Crippen LogP contribution in [0.1, 0.15) is 39.3 Å². The number of amides is 1. The van der Waals surface area contributed by atoms with E-state index in [2.05, 4.69) is 12.2 Å². The number of carbonyl (C=O) groups is 1. The van der Waals surface area contributed by atoms with Crippen LogP contribution < -0.4 is 5.32 Å². The van der Waals surface area contributed by atoms with Gasteiger partial charge in [0.15, 0.2) is 0 Å². The average molecular weight is 283 g/mol. The van der Waals surface area contributed by atoms with Crippen LogP contribution in [0, 0.1) is 0 Å². The predicted molar refractivity (Wildman–Crippen MR) is 80.4 cm³/mol. The van der Waals surface area contributed by atoms with Gasteiger partial charge in [0.1, 0.15) is 0 Å². The normalized spacial score (nSPS) is 13.9. The Morgan fingerprint density at radius 2 is 1.74 bits per heavy atom. The van der Waals surface area contributed by atoms with E-state index < -0.39 is 0 Å². The third-order valence-corrected chi connectivity index (χ3v) is 3.57. The summed E-state index contributed by atoms with van der Waals surface area (Å²) in [5.74, 6) is 0.144. The molecule has 1 N–H and O–H groups in total. The van der Waals surface area contributed by atoms with Crippen LogP contribution in [0.25, 0.3) is 0 Å². The fourth-order valence-corrected chi connectivity index (χ4v) is 2.23. The topological polar surface area (TPSA) is 32.3 Å². The van der Waals surface area contributed by atoms with E-state index in [1.54, 1.807) is 0 Å². The molecule has 0 aliphatic heterocycles. The molecule has 0 fully saturated rings. The van der Waals surface area contributed by atoms with E-state index in [1.807, 2.05) is 49.9 Å². The first-order valence-corrected chi connectivity index (χ1v) is 7.17. The maximum Gasteiger partial charge on any atom is 0.239 e. The number of nitrogens with zero attached hydrogens (tertiary/aromatic N) is 1. The highest BCUT2D eigenvalue weighted by Gasteiger charge is 2.19. The SMILES string of the molecule is CCN(CC)C(=O)C(C)N[C@H](C)c1ccc(Cl)cc1. The molecule has 1 aromatic carbocycles. The van der Waals surface area contributed by atoms with Crippen molar-refractivity contribution in [1.82, 2.24) is 10.2 Å². The minimum Gasteiger partial charge on any atom is -0.342 e. The van der Waals surface area contributed by atoms with E-state index in [0.29, 0.717) is 0 Å². The van der Waals surface area contributed by atoms with Crippen molar-refractivity contribution >= 4 is 17.5 Å². The second kappa shape index (κ2) is 7.51. The second-order valence-electron chi connectivity index (χ2n) is 4.67. The van der Waals surface area contributed by atoms with Gasteiger partial charge in [-0.3, -0.25) is 10.1 Å². The lowest BCUT2D eigenvalue weighted by Gasteiger charge is -2.26. The van der Waals surface area contributed by atoms with Gasteiger partial charge in [0.25, 0.3) is 0 Å². The molecule has 0 saturated heterocycles. The van der Waals surface area contributed by atoms with Crippen molar-refractivity contribution < 1.29 is 4.79 Å². The van der Waals surface area contributed by atoms with Crippen LogP contribution in [-0.2, 0) is 4.79 Å². The Labute approximate surface area is 120 Å². The lowest BCUT2D eigenvalue weighted by atomic mass is 10.1. The lowest BCUT2D eigenvalue weighted by Crippen LogP contribution is -2.45. The summed E-state index contributed by atoms with van der Waals surface area (Å²) in [5.41, 5.74) is 1.13. The van der Waals surface area contributed by atoms with Crippen LogP contribution in [0.4, 0.5) is 0 Å². The Bertz CT molecular complexity index is 401. The van der Waals surface area contributed by atoms with E-state index in [-0.39, 0.29) is 18.0 Å². The predicted octanol–water partition coefficient (Wildman–Crippen LogP) is 3.25. The molecule has 1 aromatic rings. The number of hydrogen-bond donors (Lipinski definition) is 1. The monoisotopic (exact) mass is 282 g/mol. The molecule has 19 heavy (non-hydrogen) atoms. The Kier molecular flexibility index (Phi) is 6.32. The first-order chi connectivity index (χ1) is 8.99. The molecule has 0 bridgehead atoms. The van der Waals surface area contributed by atoms with Gasteiger partial charge < -0.3 is 4.90 Å². The Balaban J connectivity index is 2.63. The first kappa shape index (κ1) is 16.0. The number of hydrogen-bond acceptors (Lipinski definition) is 2. The minimum absolute atomic E-state index is 0.117. The van der Waals surface area contributed by atoms with Crippen molar-refractivity contribution in [3.8, 4) is 0 Å². The number of benzene rings is 1. The largest absolute Gasteiger partial charge is 0.342 e. The quantitative estimate of drug-likeness (QED) is 0.869. The fourth-order valence-electron chi connectivity index (χ4n) is 2.10. The van der Waals surface area contributed by atoms with Gasteiger partial charge in [-0.2, -0.15) is 0 Å². The van der Waals surface area contributed by atoms with Crippen molar-refractivity contribution in [1.29, 1.82) is 0 Å². The lowest BCUT2D eigenvalue weighted by molar-refractivity contribution is -0.132. The maximum atomic E-state index is 12.2. The molecule has 0 aliphatic carbocycles. The van der Waals surface area contributed by atoms with Crippen molar-refractivity contribution in [3.05, 3.63) is 34.9 Å². The Morgan fingerprint density at radius 3 is 2.21 bits per heavy atom. The van der Waals surface area contributed by atoms with Crippen LogP contribution in [0.15, 0.2) is 24.3 Å². The molecule has 1 unspecified atom stereocenters. The van der Waals surface area contributed by atoms with Gasteiger partial charge >= 0.3 is 0 Å². The Hall–Kier alpha value is -1.06. The van der Waals surface area contributed by atoms with E-state index >= 15 is 0 Å². The van der Waals surface area contributed by atoms with Crippen molar-refractivity contribution in [2.75, 3.05) is 13.1 Å². The molecule has 2 atom stereocenters. The zero-order valence-electron chi connectivity index (χ0n) is 12.1. The zero-order valence-corrected chi connectivity index (χ0v) is 12.9. The molecule has 1 rings (SSSR count). The van der Waals surface area contributed by atoms with Crippen LogP contribution in [0.2, 0.25) is 5.02 Å². The molecule has 0 heterocycles. The molecule has 0 aliphatic rings. The smallest absolute Gasteiger partial charge is 0.239 e. The summed E-state index contributed by atoms with van der Waals surface area (Å²) in [6.45, 7) is 9.45. The maximum absolute atomic E-state index is 12.2. The number of carbonyl (C=O) groups excluding carboxylic acids is 1. The minimum atomic E-state index is -0.189. The van der Waals surface area contributed by atoms with E-state index in [1.165, 1.54) is 0 Å². The molecule has 0 spiro atoms. The van der Waals surface area contributed by atoms with E-state index in [4.69, 9.17) is 11.6 Å². The molecular weight excluding hydrogens is 260 g/mol. The first-order valence-electron chi connectivity index (χ1n) is 6.79. The van der Waals surface area contributed by atoms with Crippen molar-refractivity contribution in [3.63, 3.8) is 0 Å². The number of rotatable bonds is 6. The highest BCUT2D eigenvalue weighted by molar-refractivity contribution is 6.30. The van der Waals surface area contributed by atoms with Crippen molar-refractivity contribution in [2.45, 2.75) is 39.8 Å². The average Bonchev–Trinajstić information content (AvgIpc) is 2.40. The highest BCUT2D eigenvalue weighted by atomic mass is 35.5. The molecule has 4 heteroatoms. The Morgan fingerprint density at radius 1 is 1.21 bits per heavy atom. The summed E-state index contributed by atoms with van der Waals surface area (Å²) in [7, 11) is 0. The molecule has 0 aromatic heterocycles. The van der Waals surface area contributed by atoms with Crippen LogP contribution in [-0.4, -0.2) is 29.9 Å². The highest BCUT2D eigenvalue weighted by Crippen LogP contribution is 2.16. The van der Waals surface area contributed by atoms with Gasteiger partial charge in [-0.15, -0.1) is 0 Å². The standard InChI is InChI=1S/C15H23ClN2O/c1-5-18(6-2)15(19)12(4)17-11(3)13-7-9-14(16)10-8-13/h7-12,17H,5-6H2,1-4H3/t11-,12?/m1/s1. The summed E-state index contributed by atoms with van der Waals surface area (Å²) >= 11 is 5.87. The summed E-state index contributed by atoms with van der Waals surface area (Å²) in [6.07, 6.45) is 0. The van der Waals surface area contributed by atoms with E-state index in [0.717, 1.165) is 23.7 Å². The van der Waals surface area contributed by atoms with Gasteiger partial charge in [0, 0.05) is 24.2 Å². The molecule has 3 nitrogen and oxygen atoms in total. The summed E-state index contributed by atoms with van der Waals surface area (Å²) in [5, 5.41) is 4.06. The fraction of sp³-hybridized carbons (Fsp3) is 0.533. The van der Waals surface area contributed by atoms with Crippen LogP contribution >= 0.6 is 11.6 Å². The number of likely N-dealkylation sites (N-methyl/N-ethyl adjacent to an activating group) is 1. The number of nitrogens with one attached hydrogen (secondary N) is 1. The molecule has 0 saturated carbocycles. The van der Waals surface area contributed by atoms with Crippen LogP contribution in [0.5, 0.6) is 0 Å².